The molecule has 19 heavy (non-hydrogen) atoms. The smallest absolute Gasteiger partial charge is 0.232 e. The molecule has 0 bridgehead atoms. The van der Waals surface area contributed by atoms with Gasteiger partial charge in [0.1, 0.15) is 11.4 Å². The lowest BCUT2D eigenvalue weighted by Gasteiger charge is -2.11. The minimum absolute atomic E-state index is 0.184. The number of likely N-dealkylation sites (N-methyl/N-ethyl adjacent to an activating group) is 1. The van der Waals surface area contributed by atoms with E-state index < -0.39 is 0 Å². The number of carbonyl (C=O) groups excluding carboxylic acids is 1. The number of hydrogen-bond donors (Lipinski definition) is 0. The molecule has 0 spiro atoms. The first-order valence-corrected chi connectivity index (χ1v) is 6.55. The highest BCUT2D eigenvalue weighted by Gasteiger charge is 2.20. The lowest BCUT2D eigenvalue weighted by atomic mass is 10.2. The van der Waals surface area contributed by atoms with E-state index in [1.54, 1.807) is 10.9 Å². The lowest BCUT2D eigenvalue weighted by Crippen LogP contribution is -2.22. The molecule has 2 heterocycles. The van der Waals surface area contributed by atoms with Crippen molar-refractivity contribution in [2.75, 3.05) is 20.6 Å². The van der Waals surface area contributed by atoms with Crippen molar-refractivity contribution >= 4 is 21.7 Å². The van der Waals surface area contributed by atoms with E-state index in [0.717, 1.165) is 6.54 Å². The SMILES string of the molecule is CN(C)CCn1ncc(Br)c1C(=O)c1cnccn1. The second-order valence-electron chi connectivity index (χ2n) is 4.29. The van der Waals surface area contributed by atoms with Gasteiger partial charge in [-0.05, 0) is 30.0 Å². The maximum absolute atomic E-state index is 12.4. The van der Waals surface area contributed by atoms with E-state index in [1.807, 2.05) is 19.0 Å². The van der Waals surface area contributed by atoms with E-state index in [2.05, 4.69) is 31.0 Å². The minimum Gasteiger partial charge on any atom is -0.308 e. The van der Waals surface area contributed by atoms with Crippen LogP contribution in [0.4, 0.5) is 0 Å². The molecule has 0 aliphatic rings. The van der Waals surface area contributed by atoms with Crippen molar-refractivity contribution in [1.29, 1.82) is 0 Å². The Hall–Kier alpha value is -1.60. The van der Waals surface area contributed by atoms with Gasteiger partial charge in [-0.1, -0.05) is 0 Å². The Bertz CT molecular complexity index is 567. The van der Waals surface area contributed by atoms with Gasteiger partial charge in [0.2, 0.25) is 5.78 Å². The largest absolute Gasteiger partial charge is 0.308 e. The van der Waals surface area contributed by atoms with E-state index >= 15 is 0 Å². The number of ketones is 1. The van der Waals surface area contributed by atoms with E-state index in [0.29, 0.717) is 22.4 Å². The summed E-state index contributed by atoms with van der Waals surface area (Å²) in [6.45, 7) is 1.44. The van der Waals surface area contributed by atoms with E-state index in [9.17, 15) is 4.79 Å². The molecule has 2 aromatic rings. The molecule has 0 radical (unpaired) electrons. The average Bonchev–Trinajstić information content (AvgIpc) is 2.78. The van der Waals surface area contributed by atoms with Crippen LogP contribution in [-0.4, -0.2) is 51.1 Å². The van der Waals surface area contributed by atoms with Crippen LogP contribution in [0, 0.1) is 0 Å². The minimum atomic E-state index is -0.184. The Morgan fingerprint density at radius 3 is 2.79 bits per heavy atom. The van der Waals surface area contributed by atoms with Gasteiger partial charge in [-0.3, -0.25) is 14.5 Å². The van der Waals surface area contributed by atoms with Crippen molar-refractivity contribution in [3.8, 4) is 0 Å². The van der Waals surface area contributed by atoms with Crippen molar-refractivity contribution < 1.29 is 4.79 Å². The van der Waals surface area contributed by atoms with Gasteiger partial charge < -0.3 is 4.90 Å². The predicted octanol–water partition coefficient (Wildman–Crippen LogP) is 1.23. The normalized spacial score (nSPS) is 10.9. The molecule has 0 atom stereocenters. The quantitative estimate of drug-likeness (QED) is 0.774. The van der Waals surface area contributed by atoms with Crippen LogP contribution in [0.2, 0.25) is 0 Å². The molecule has 0 saturated carbocycles. The van der Waals surface area contributed by atoms with Gasteiger partial charge in [-0.25, -0.2) is 4.98 Å². The van der Waals surface area contributed by atoms with Crippen molar-refractivity contribution in [2.24, 2.45) is 0 Å². The van der Waals surface area contributed by atoms with Crippen LogP contribution in [0.15, 0.2) is 29.3 Å². The molecule has 2 aromatic heterocycles. The van der Waals surface area contributed by atoms with Crippen LogP contribution in [0.1, 0.15) is 16.2 Å². The third kappa shape index (κ3) is 3.24. The fraction of sp³-hybridized carbons (Fsp3) is 0.333. The zero-order valence-corrected chi connectivity index (χ0v) is 12.3. The summed E-state index contributed by atoms with van der Waals surface area (Å²) >= 11 is 3.36. The zero-order valence-electron chi connectivity index (χ0n) is 10.7. The molecule has 0 unspecified atom stereocenters. The summed E-state index contributed by atoms with van der Waals surface area (Å²) in [7, 11) is 3.95. The molecule has 7 heteroatoms. The molecule has 0 N–H and O–H groups in total. The van der Waals surface area contributed by atoms with Gasteiger partial charge in [-0.15, -0.1) is 0 Å². The van der Waals surface area contributed by atoms with Crippen molar-refractivity contribution in [3.63, 3.8) is 0 Å². The van der Waals surface area contributed by atoms with Crippen molar-refractivity contribution in [1.82, 2.24) is 24.6 Å². The summed E-state index contributed by atoms with van der Waals surface area (Å²) < 4.78 is 2.35. The number of hydrogen-bond acceptors (Lipinski definition) is 5. The van der Waals surface area contributed by atoms with Crippen LogP contribution in [0.5, 0.6) is 0 Å². The van der Waals surface area contributed by atoms with Crippen LogP contribution in [-0.2, 0) is 6.54 Å². The molecule has 0 amide bonds. The van der Waals surface area contributed by atoms with E-state index in [1.165, 1.54) is 18.6 Å². The summed E-state index contributed by atoms with van der Waals surface area (Å²) in [4.78, 5) is 22.4. The van der Waals surface area contributed by atoms with Crippen LogP contribution < -0.4 is 0 Å². The number of rotatable bonds is 5. The Kier molecular flexibility index (Phi) is 4.39. The van der Waals surface area contributed by atoms with Gasteiger partial charge >= 0.3 is 0 Å². The van der Waals surface area contributed by atoms with E-state index in [4.69, 9.17) is 0 Å². The summed E-state index contributed by atoms with van der Waals surface area (Å²) in [6, 6.07) is 0. The van der Waals surface area contributed by atoms with Gasteiger partial charge in [0.25, 0.3) is 0 Å². The number of nitrogens with zero attached hydrogens (tertiary/aromatic N) is 5. The van der Waals surface area contributed by atoms with Crippen molar-refractivity contribution in [2.45, 2.75) is 6.54 Å². The molecule has 0 aliphatic carbocycles. The molecule has 0 saturated heterocycles. The van der Waals surface area contributed by atoms with Gasteiger partial charge in [0.15, 0.2) is 0 Å². The molecule has 6 nitrogen and oxygen atoms in total. The molecule has 0 aliphatic heterocycles. The Balaban J connectivity index is 2.29. The Morgan fingerprint density at radius 1 is 1.37 bits per heavy atom. The van der Waals surface area contributed by atoms with Crippen LogP contribution in [0.3, 0.4) is 0 Å². The first-order chi connectivity index (χ1) is 9.09. The summed E-state index contributed by atoms with van der Waals surface area (Å²) in [6.07, 6.45) is 6.12. The Labute approximate surface area is 119 Å². The van der Waals surface area contributed by atoms with Gasteiger partial charge in [-0.2, -0.15) is 5.10 Å². The second kappa shape index (κ2) is 6.03. The highest BCUT2D eigenvalue weighted by atomic mass is 79.9. The predicted molar refractivity (Wildman–Crippen MR) is 73.9 cm³/mol. The van der Waals surface area contributed by atoms with Crippen LogP contribution >= 0.6 is 15.9 Å². The summed E-state index contributed by atoms with van der Waals surface area (Å²) in [5.41, 5.74) is 0.817. The molecular formula is C12H14BrN5O. The third-order valence-electron chi connectivity index (χ3n) is 2.56. The molecule has 2 rings (SSSR count). The molecule has 0 aromatic carbocycles. The van der Waals surface area contributed by atoms with Crippen molar-refractivity contribution in [3.05, 3.63) is 40.6 Å². The number of halogens is 1. The lowest BCUT2D eigenvalue weighted by molar-refractivity contribution is 0.102. The molecule has 100 valence electrons. The number of carbonyl (C=O) groups is 1. The Morgan fingerprint density at radius 2 is 2.16 bits per heavy atom. The maximum atomic E-state index is 12.4. The third-order valence-corrected chi connectivity index (χ3v) is 3.15. The first-order valence-electron chi connectivity index (χ1n) is 5.76. The monoisotopic (exact) mass is 323 g/mol. The van der Waals surface area contributed by atoms with Gasteiger partial charge in [0.05, 0.1) is 23.4 Å². The first kappa shape index (κ1) is 13.8. The maximum Gasteiger partial charge on any atom is 0.232 e. The summed E-state index contributed by atoms with van der Waals surface area (Å²) in [5, 5.41) is 4.21. The number of aromatic nitrogens is 4. The van der Waals surface area contributed by atoms with E-state index in [-0.39, 0.29) is 5.78 Å². The average molecular weight is 324 g/mol. The highest BCUT2D eigenvalue weighted by molar-refractivity contribution is 9.10. The highest BCUT2D eigenvalue weighted by Crippen LogP contribution is 2.18. The second-order valence-corrected chi connectivity index (χ2v) is 5.14. The topological polar surface area (TPSA) is 63.9 Å². The standard InChI is InChI=1S/C12H14BrN5O/c1-17(2)5-6-18-11(9(13)7-16-18)12(19)10-8-14-3-4-15-10/h3-4,7-8H,5-6H2,1-2H3. The van der Waals surface area contributed by atoms with Crippen LogP contribution in [0.25, 0.3) is 0 Å². The zero-order chi connectivity index (χ0) is 13.8. The molecular weight excluding hydrogens is 310 g/mol. The fourth-order valence-corrected chi connectivity index (χ4v) is 2.07. The fourth-order valence-electron chi connectivity index (χ4n) is 1.59. The molecule has 0 fully saturated rings. The summed E-state index contributed by atoms with van der Waals surface area (Å²) in [5.74, 6) is -0.184. The van der Waals surface area contributed by atoms with Gasteiger partial charge in [0, 0.05) is 18.9 Å².